The molecule has 4 nitrogen and oxygen atoms in total. The van der Waals surface area contributed by atoms with E-state index in [1.165, 1.54) is 24.9 Å². The van der Waals surface area contributed by atoms with Gasteiger partial charge in [-0.2, -0.15) is 0 Å². The number of nitrogens with zero attached hydrogens (tertiary/aromatic N) is 1. The van der Waals surface area contributed by atoms with E-state index >= 15 is 0 Å². The Morgan fingerprint density at radius 1 is 1.10 bits per heavy atom. The number of likely N-dealkylation sites (tertiary alicyclic amines) is 1. The maximum atomic E-state index is 6.20. The van der Waals surface area contributed by atoms with Gasteiger partial charge in [-0.1, -0.05) is 0 Å². The lowest BCUT2D eigenvalue weighted by molar-refractivity contribution is 0.296. The van der Waals surface area contributed by atoms with Crippen molar-refractivity contribution in [2.45, 2.75) is 25.4 Å². The van der Waals surface area contributed by atoms with Gasteiger partial charge in [0.15, 0.2) is 0 Å². The second kappa shape index (κ2) is 5.62. The molecule has 0 spiro atoms. The molecule has 110 valence electrons. The average Bonchev–Trinajstić information content (AvgIpc) is 3.00. The predicted octanol–water partition coefficient (Wildman–Crippen LogP) is 1.87. The number of ether oxygens (including phenoxy) is 2. The van der Waals surface area contributed by atoms with Crippen LogP contribution in [0, 0.1) is 11.8 Å². The fourth-order valence-electron chi connectivity index (χ4n) is 3.74. The number of methoxy groups -OCH3 is 2. The molecule has 1 aliphatic carbocycles. The van der Waals surface area contributed by atoms with E-state index < -0.39 is 0 Å². The van der Waals surface area contributed by atoms with E-state index in [4.69, 9.17) is 15.2 Å². The van der Waals surface area contributed by atoms with Gasteiger partial charge in [-0.15, -0.1) is 0 Å². The lowest BCUT2D eigenvalue weighted by Gasteiger charge is -2.19. The molecule has 4 heteroatoms. The fourth-order valence-corrected chi connectivity index (χ4v) is 3.74. The lowest BCUT2D eigenvalue weighted by atomic mass is 9.98. The maximum absolute atomic E-state index is 6.20. The minimum atomic E-state index is 0.407. The van der Waals surface area contributed by atoms with Gasteiger partial charge in [0, 0.05) is 31.7 Å². The van der Waals surface area contributed by atoms with Gasteiger partial charge in [0.05, 0.1) is 14.2 Å². The summed E-state index contributed by atoms with van der Waals surface area (Å²) in [7, 11) is 3.38. The highest BCUT2D eigenvalue weighted by molar-refractivity contribution is 5.38. The van der Waals surface area contributed by atoms with Crippen LogP contribution in [0.5, 0.6) is 11.5 Å². The molecule has 20 heavy (non-hydrogen) atoms. The average molecular weight is 276 g/mol. The summed E-state index contributed by atoms with van der Waals surface area (Å²) in [5.41, 5.74) is 7.45. The minimum absolute atomic E-state index is 0.407. The van der Waals surface area contributed by atoms with Crippen molar-refractivity contribution in [2.75, 3.05) is 27.3 Å². The summed E-state index contributed by atoms with van der Waals surface area (Å²) in [5, 5.41) is 0. The van der Waals surface area contributed by atoms with Gasteiger partial charge in [0.2, 0.25) is 0 Å². The normalized spacial score (nSPS) is 29.4. The molecule has 3 rings (SSSR count). The summed E-state index contributed by atoms with van der Waals surface area (Å²) >= 11 is 0. The number of hydrogen-bond acceptors (Lipinski definition) is 4. The third-order valence-electron chi connectivity index (χ3n) is 4.81. The molecule has 3 unspecified atom stereocenters. The molecule has 0 radical (unpaired) electrons. The third-order valence-corrected chi connectivity index (χ3v) is 4.81. The molecule has 3 atom stereocenters. The Kier molecular flexibility index (Phi) is 3.85. The molecule has 1 heterocycles. The molecule has 0 amide bonds. The molecule has 2 fully saturated rings. The summed E-state index contributed by atoms with van der Waals surface area (Å²) in [5.74, 6) is 3.21. The lowest BCUT2D eigenvalue weighted by Crippen LogP contribution is -2.30. The summed E-state index contributed by atoms with van der Waals surface area (Å²) < 4.78 is 10.7. The molecule has 1 saturated heterocycles. The first-order chi connectivity index (χ1) is 9.69. The van der Waals surface area contributed by atoms with E-state index in [1.807, 2.05) is 6.07 Å². The van der Waals surface area contributed by atoms with Crippen molar-refractivity contribution >= 4 is 0 Å². The largest absolute Gasteiger partial charge is 0.497 e. The van der Waals surface area contributed by atoms with Crippen LogP contribution in [0.25, 0.3) is 0 Å². The molecule has 1 aliphatic heterocycles. The summed E-state index contributed by atoms with van der Waals surface area (Å²) in [6, 6.07) is 6.51. The van der Waals surface area contributed by atoms with E-state index in [9.17, 15) is 0 Å². The molecular formula is C16H24N2O2. The predicted molar refractivity (Wildman–Crippen MR) is 79.0 cm³/mol. The third kappa shape index (κ3) is 2.63. The summed E-state index contributed by atoms with van der Waals surface area (Å²) in [6.07, 6.45) is 2.50. The van der Waals surface area contributed by atoms with Crippen molar-refractivity contribution in [3.05, 3.63) is 23.8 Å². The van der Waals surface area contributed by atoms with Crippen molar-refractivity contribution < 1.29 is 9.47 Å². The first-order valence-electron chi connectivity index (χ1n) is 7.39. The number of benzene rings is 1. The van der Waals surface area contributed by atoms with Crippen LogP contribution in [-0.4, -0.2) is 38.3 Å². The number of rotatable bonds is 4. The smallest absolute Gasteiger partial charge is 0.122 e. The first-order valence-corrected chi connectivity index (χ1v) is 7.39. The fraction of sp³-hybridized carbons (Fsp3) is 0.625. The highest BCUT2D eigenvalue weighted by atomic mass is 16.5. The molecule has 0 bridgehead atoms. The van der Waals surface area contributed by atoms with Crippen LogP contribution >= 0.6 is 0 Å². The highest BCUT2D eigenvalue weighted by Crippen LogP contribution is 2.38. The van der Waals surface area contributed by atoms with E-state index in [1.54, 1.807) is 14.2 Å². The molecule has 2 N–H and O–H groups in total. The molecule has 2 aliphatic rings. The van der Waals surface area contributed by atoms with Gasteiger partial charge in [-0.05, 0) is 42.4 Å². The maximum Gasteiger partial charge on any atom is 0.122 e. The van der Waals surface area contributed by atoms with Crippen molar-refractivity contribution in [3.8, 4) is 11.5 Å². The van der Waals surface area contributed by atoms with Crippen LogP contribution in [0.15, 0.2) is 18.2 Å². The van der Waals surface area contributed by atoms with E-state index in [2.05, 4.69) is 17.0 Å². The SMILES string of the molecule is COc1cc(CN2CC3CCC(N)C3C2)cc(OC)c1. The van der Waals surface area contributed by atoms with E-state index in [0.717, 1.165) is 30.5 Å². The van der Waals surface area contributed by atoms with Crippen LogP contribution in [0.4, 0.5) is 0 Å². The Balaban J connectivity index is 1.69. The second-order valence-electron chi connectivity index (χ2n) is 6.08. The van der Waals surface area contributed by atoms with Crippen LogP contribution in [0.3, 0.4) is 0 Å². The second-order valence-corrected chi connectivity index (χ2v) is 6.08. The zero-order chi connectivity index (χ0) is 14.1. The van der Waals surface area contributed by atoms with Crippen molar-refractivity contribution in [2.24, 2.45) is 17.6 Å². The van der Waals surface area contributed by atoms with Gasteiger partial charge in [-0.25, -0.2) is 0 Å². The Morgan fingerprint density at radius 2 is 1.80 bits per heavy atom. The topological polar surface area (TPSA) is 47.7 Å². The van der Waals surface area contributed by atoms with E-state index in [0.29, 0.717) is 12.0 Å². The summed E-state index contributed by atoms with van der Waals surface area (Å²) in [6.45, 7) is 3.26. The van der Waals surface area contributed by atoms with Crippen molar-refractivity contribution in [3.63, 3.8) is 0 Å². The minimum Gasteiger partial charge on any atom is -0.497 e. The van der Waals surface area contributed by atoms with Crippen molar-refractivity contribution in [1.82, 2.24) is 4.90 Å². The molecular weight excluding hydrogens is 252 g/mol. The molecule has 1 saturated carbocycles. The highest BCUT2D eigenvalue weighted by Gasteiger charge is 2.40. The summed E-state index contributed by atoms with van der Waals surface area (Å²) in [4.78, 5) is 2.52. The van der Waals surface area contributed by atoms with E-state index in [-0.39, 0.29) is 0 Å². The monoisotopic (exact) mass is 276 g/mol. The zero-order valence-electron chi connectivity index (χ0n) is 12.3. The van der Waals surface area contributed by atoms with Gasteiger partial charge >= 0.3 is 0 Å². The standard InChI is InChI=1S/C16H24N2O2/c1-19-13-5-11(6-14(7-13)20-2)8-18-9-12-3-4-16(17)15(12)10-18/h5-7,12,15-16H,3-4,8-10,17H2,1-2H3. The molecule has 1 aromatic carbocycles. The Hall–Kier alpha value is -1.26. The zero-order valence-corrected chi connectivity index (χ0v) is 12.3. The number of hydrogen-bond donors (Lipinski definition) is 1. The number of fused-ring (bicyclic) bond motifs is 1. The van der Waals surface area contributed by atoms with Gasteiger partial charge in [0.25, 0.3) is 0 Å². The van der Waals surface area contributed by atoms with Crippen LogP contribution in [0.2, 0.25) is 0 Å². The van der Waals surface area contributed by atoms with Crippen molar-refractivity contribution in [1.29, 1.82) is 0 Å². The molecule has 0 aromatic heterocycles. The Bertz CT molecular complexity index is 455. The number of nitrogens with two attached hydrogens (primary N) is 1. The quantitative estimate of drug-likeness (QED) is 0.912. The van der Waals surface area contributed by atoms with Crippen LogP contribution in [0.1, 0.15) is 18.4 Å². The first kappa shape index (κ1) is 13.7. The molecule has 1 aromatic rings. The Morgan fingerprint density at radius 3 is 2.40 bits per heavy atom. The van der Waals surface area contributed by atoms with Gasteiger partial charge < -0.3 is 15.2 Å². The Labute approximate surface area is 120 Å². The van der Waals surface area contributed by atoms with Gasteiger partial charge in [0.1, 0.15) is 11.5 Å². The van der Waals surface area contributed by atoms with Crippen LogP contribution in [-0.2, 0) is 6.54 Å². The van der Waals surface area contributed by atoms with Gasteiger partial charge in [-0.3, -0.25) is 4.90 Å². The van der Waals surface area contributed by atoms with Crippen LogP contribution < -0.4 is 15.2 Å².